The zero-order valence-corrected chi connectivity index (χ0v) is 14.3. The summed E-state index contributed by atoms with van der Waals surface area (Å²) in [5, 5.41) is 6.22. The number of rotatable bonds is 4. The number of benzene rings is 2. The lowest BCUT2D eigenvalue weighted by Crippen LogP contribution is -2.58. The van der Waals surface area contributed by atoms with Crippen LogP contribution in [-0.2, 0) is 9.59 Å². The summed E-state index contributed by atoms with van der Waals surface area (Å²) in [5.41, 5.74) is 3.25. The molecule has 1 atom stereocenters. The number of carbonyl (C=O) groups excluding carboxylic acids is 3. The number of nitrogens with one attached hydrogen (secondary N) is 2. The third-order valence-corrected chi connectivity index (χ3v) is 3.93. The van der Waals surface area contributed by atoms with Crippen LogP contribution in [0.25, 0.3) is 0 Å². The number of hydrogen-bond acceptors (Lipinski definition) is 5. The van der Waals surface area contributed by atoms with E-state index >= 15 is 0 Å². The molecular weight excluding hydrogens is 352 g/mol. The lowest BCUT2D eigenvalue weighted by molar-refractivity contribution is -0.130. The molecule has 3 amide bonds. The first-order chi connectivity index (χ1) is 12.6. The number of amides is 3. The van der Waals surface area contributed by atoms with Crippen LogP contribution >= 0.6 is 12.2 Å². The second-order valence-corrected chi connectivity index (χ2v) is 5.75. The maximum atomic E-state index is 12.7. The number of carbonyl (C=O) groups is 3. The van der Waals surface area contributed by atoms with Crippen molar-refractivity contribution in [3.8, 4) is 0 Å². The van der Waals surface area contributed by atoms with E-state index in [4.69, 9.17) is 12.2 Å². The maximum absolute atomic E-state index is 12.7. The molecule has 1 aliphatic heterocycles. The van der Waals surface area contributed by atoms with Crippen LogP contribution in [0, 0.1) is 5.92 Å². The molecule has 0 saturated carbocycles. The van der Waals surface area contributed by atoms with Crippen molar-refractivity contribution >= 4 is 47.0 Å². The van der Waals surface area contributed by atoms with Crippen LogP contribution in [0.1, 0.15) is 10.4 Å². The third kappa shape index (κ3) is 3.65. The minimum atomic E-state index is -1.20. The Morgan fingerprint density at radius 2 is 1.69 bits per heavy atom. The Labute approximate surface area is 154 Å². The molecule has 0 spiro atoms. The van der Waals surface area contributed by atoms with Crippen LogP contribution in [0.4, 0.5) is 5.69 Å². The molecule has 0 aliphatic carbocycles. The van der Waals surface area contributed by atoms with Gasteiger partial charge in [0.15, 0.2) is 11.0 Å². The molecule has 8 heteroatoms. The number of thiocarbonyl (C=S) groups is 1. The minimum absolute atomic E-state index is 0.00386. The highest BCUT2D eigenvalue weighted by molar-refractivity contribution is 7.80. The van der Waals surface area contributed by atoms with E-state index in [0.29, 0.717) is 11.3 Å². The third-order valence-electron chi connectivity index (χ3n) is 3.64. The molecule has 2 aromatic rings. The molecular formula is C18H14N4O3S. The molecule has 1 fully saturated rings. The van der Waals surface area contributed by atoms with Gasteiger partial charge in [0, 0.05) is 11.8 Å². The Morgan fingerprint density at radius 1 is 1.08 bits per heavy atom. The molecule has 0 unspecified atom stereocenters. The van der Waals surface area contributed by atoms with Crippen molar-refractivity contribution in [1.29, 1.82) is 0 Å². The fourth-order valence-electron chi connectivity index (χ4n) is 2.37. The fourth-order valence-corrected chi connectivity index (χ4v) is 2.66. The maximum Gasteiger partial charge on any atom is 0.271 e. The van der Waals surface area contributed by atoms with Crippen molar-refractivity contribution in [3.63, 3.8) is 0 Å². The number of anilines is 1. The van der Waals surface area contributed by atoms with Gasteiger partial charge < -0.3 is 5.32 Å². The van der Waals surface area contributed by atoms with Gasteiger partial charge in [0.25, 0.3) is 11.8 Å². The van der Waals surface area contributed by atoms with E-state index in [1.807, 2.05) is 0 Å². The van der Waals surface area contributed by atoms with Crippen molar-refractivity contribution in [2.45, 2.75) is 0 Å². The van der Waals surface area contributed by atoms with Crippen LogP contribution in [0.3, 0.4) is 0 Å². The standard InChI is InChI=1S/C18H14N4O3S/c23-15(12-7-3-1-4-8-12)21-19-11-14-16(24)20-18(26)22(17(14)25)13-9-5-2-6-10-13/h1-11,14H,(H,21,23)(H,20,24,26)/b19-11-/t14-/m1/s1. The Morgan fingerprint density at radius 3 is 2.35 bits per heavy atom. The van der Waals surface area contributed by atoms with Crippen molar-refractivity contribution < 1.29 is 14.4 Å². The van der Waals surface area contributed by atoms with Crippen LogP contribution < -0.4 is 15.6 Å². The van der Waals surface area contributed by atoms with Crippen molar-refractivity contribution in [2.75, 3.05) is 4.90 Å². The average molecular weight is 366 g/mol. The molecule has 26 heavy (non-hydrogen) atoms. The highest BCUT2D eigenvalue weighted by Gasteiger charge is 2.38. The van der Waals surface area contributed by atoms with Gasteiger partial charge in [-0.05, 0) is 36.5 Å². The summed E-state index contributed by atoms with van der Waals surface area (Å²) < 4.78 is 0. The predicted octanol–water partition coefficient (Wildman–Crippen LogP) is 1.47. The van der Waals surface area contributed by atoms with Gasteiger partial charge in [0.05, 0.1) is 5.69 Å². The number of nitrogens with zero attached hydrogens (tertiary/aromatic N) is 2. The second kappa shape index (κ2) is 7.66. The van der Waals surface area contributed by atoms with Gasteiger partial charge in [-0.3, -0.25) is 19.3 Å². The zero-order chi connectivity index (χ0) is 18.5. The van der Waals surface area contributed by atoms with E-state index in [9.17, 15) is 14.4 Å². The monoisotopic (exact) mass is 366 g/mol. The predicted molar refractivity (Wildman–Crippen MR) is 101 cm³/mol. The molecule has 1 heterocycles. The van der Waals surface area contributed by atoms with E-state index in [0.717, 1.165) is 6.21 Å². The highest BCUT2D eigenvalue weighted by Crippen LogP contribution is 2.19. The first-order valence-corrected chi connectivity index (χ1v) is 8.11. The second-order valence-electron chi connectivity index (χ2n) is 5.37. The molecule has 2 N–H and O–H groups in total. The smallest absolute Gasteiger partial charge is 0.271 e. The van der Waals surface area contributed by atoms with E-state index in [2.05, 4.69) is 15.8 Å². The Hall–Kier alpha value is -3.39. The summed E-state index contributed by atoms with van der Waals surface area (Å²) in [4.78, 5) is 37.9. The van der Waals surface area contributed by atoms with Crippen molar-refractivity contribution in [3.05, 3.63) is 66.2 Å². The van der Waals surface area contributed by atoms with Gasteiger partial charge in [0.2, 0.25) is 5.91 Å². The Kier molecular flexibility index (Phi) is 5.14. The summed E-state index contributed by atoms with van der Waals surface area (Å²) in [6.07, 6.45) is 1.09. The van der Waals surface area contributed by atoms with E-state index in [-0.39, 0.29) is 5.11 Å². The summed E-state index contributed by atoms with van der Waals surface area (Å²) in [5.74, 6) is -2.77. The van der Waals surface area contributed by atoms with E-state index in [1.54, 1.807) is 60.7 Å². The molecule has 2 aromatic carbocycles. The normalized spacial score (nSPS) is 17.3. The van der Waals surface area contributed by atoms with Gasteiger partial charge in [-0.1, -0.05) is 36.4 Å². The first kappa shape index (κ1) is 17.4. The SMILES string of the molecule is O=C(N/N=C\[C@@H]1C(=O)NC(=S)N(c2ccccc2)C1=O)c1ccccc1. The fraction of sp³-hybridized carbons (Fsp3) is 0.0556. The summed E-state index contributed by atoms with van der Waals surface area (Å²) in [7, 11) is 0. The van der Waals surface area contributed by atoms with Gasteiger partial charge in [-0.25, -0.2) is 5.43 Å². The zero-order valence-electron chi connectivity index (χ0n) is 13.5. The Balaban J connectivity index is 1.74. The summed E-state index contributed by atoms with van der Waals surface area (Å²) in [6.45, 7) is 0. The van der Waals surface area contributed by atoms with E-state index < -0.39 is 23.6 Å². The highest BCUT2D eigenvalue weighted by atomic mass is 32.1. The van der Waals surface area contributed by atoms with Crippen LogP contribution in [-0.4, -0.2) is 29.0 Å². The van der Waals surface area contributed by atoms with Crippen LogP contribution in [0.15, 0.2) is 65.8 Å². The van der Waals surface area contributed by atoms with Gasteiger partial charge >= 0.3 is 0 Å². The topological polar surface area (TPSA) is 90.9 Å². The molecule has 3 rings (SSSR count). The molecule has 0 bridgehead atoms. The summed E-state index contributed by atoms with van der Waals surface area (Å²) >= 11 is 5.09. The average Bonchev–Trinajstić information content (AvgIpc) is 2.65. The number of para-hydroxylation sites is 1. The molecule has 130 valence electrons. The minimum Gasteiger partial charge on any atom is -0.301 e. The Bertz CT molecular complexity index is 884. The largest absolute Gasteiger partial charge is 0.301 e. The molecule has 1 aliphatic rings. The van der Waals surface area contributed by atoms with Crippen molar-refractivity contribution in [1.82, 2.24) is 10.7 Å². The van der Waals surface area contributed by atoms with Crippen LogP contribution in [0.5, 0.6) is 0 Å². The number of hydrazone groups is 1. The van der Waals surface area contributed by atoms with Crippen LogP contribution in [0.2, 0.25) is 0 Å². The van der Waals surface area contributed by atoms with Crippen molar-refractivity contribution in [2.24, 2.45) is 11.0 Å². The van der Waals surface area contributed by atoms with Gasteiger partial charge in [0.1, 0.15) is 0 Å². The molecule has 7 nitrogen and oxygen atoms in total. The molecule has 0 aromatic heterocycles. The number of hydrogen-bond donors (Lipinski definition) is 2. The lowest BCUT2D eigenvalue weighted by atomic mass is 10.1. The molecule has 1 saturated heterocycles. The quantitative estimate of drug-likeness (QED) is 0.371. The first-order valence-electron chi connectivity index (χ1n) is 7.70. The van der Waals surface area contributed by atoms with E-state index in [1.165, 1.54) is 4.90 Å². The molecule has 0 radical (unpaired) electrons. The summed E-state index contributed by atoms with van der Waals surface area (Å²) in [6, 6.07) is 17.2. The van der Waals surface area contributed by atoms with Gasteiger partial charge in [-0.2, -0.15) is 5.10 Å². The van der Waals surface area contributed by atoms with Gasteiger partial charge in [-0.15, -0.1) is 0 Å². The lowest BCUT2D eigenvalue weighted by Gasteiger charge is -2.30.